The van der Waals surface area contributed by atoms with Gasteiger partial charge in [-0.25, -0.2) is 13.2 Å². The van der Waals surface area contributed by atoms with Crippen molar-refractivity contribution in [3.8, 4) is 11.1 Å². The van der Waals surface area contributed by atoms with Gasteiger partial charge >= 0.3 is 0 Å². The van der Waals surface area contributed by atoms with Gasteiger partial charge < -0.3 is 0 Å². The summed E-state index contributed by atoms with van der Waals surface area (Å²) in [5.41, 5.74) is 1.83. The fraction of sp³-hybridized carbons (Fsp3) is 0.100. The van der Waals surface area contributed by atoms with Gasteiger partial charge in [0.05, 0.1) is 17.3 Å². The summed E-state index contributed by atoms with van der Waals surface area (Å²) in [5.74, 6) is -1.13. The Kier molecular flexibility index (Phi) is 4.60. The van der Waals surface area contributed by atoms with E-state index in [0.29, 0.717) is 27.7 Å². The van der Waals surface area contributed by atoms with Gasteiger partial charge in [0.25, 0.3) is 6.43 Å². The first-order valence-electron chi connectivity index (χ1n) is 8.35. The zero-order chi connectivity index (χ0) is 19.7. The molecule has 0 bridgehead atoms. The second kappa shape index (κ2) is 7.22. The predicted molar refractivity (Wildman–Crippen MR) is 96.4 cm³/mol. The summed E-state index contributed by atoms with van der Waals surface area (Å²) in [5, 5.41) is 4.19. The predicted octanol–water partition coefficient (Wildman–Crippen LogP) is 4.45. The smallest absolute Gasteiger partial charge is 0.266 e. The molecule has 0 radical (unpaired) electrons. The van der Waals surface area contributed by atoms with Crippen LogP contribution in [0.2, 0.25) is 0 Å². The van der Waals surface area contributed by atoms with Crippen molar-refractivity contribution in [3.05, 3.63) is 78.1 Å². The highest BCUT2D eigenvalue weighted by Gasteiger charge is 2.16. The molecule has 0 aliphatic carbocycles. The van der Waals surface area contributed by atoms with Crippen molar-refractivity contribution in [1.29, 1.82) is 0 Å². The maximum atomic E-state index is 13.6. The topological polar surface area (TPSA) is 60.7 Å². The molecule has 0 aliphatic rings. The standard InChI is InChI=1S/C20H13F3N4O/c21-16-4-3-12(6-15(16)20(22)23)14-7-18-17(25-9-14)10-26-27(18)11-19(28)13-2-1-5-24-8-13/h1-10,20H,11H2. The number of hydrogen-bond acceptors (Lipinski definition) is 4. The molecule has 5 nitrogen and oxygen atoms in total. The molecule has 0 aliphatic heterocycles. The van der Waals surface area contributed by atoms with Crippen molar-refractivity contribution < 1.29 is 18.0 Å². The molecule has 0 saturated carbocycles. The van der Waals surface area contributed by atoms with E-state index in [9.17, 15) is 18.0 Å². The molecule has 1 aromatic carbocycles. The van der Waals surface area contributed by atoms with Crippen molar-refractivity contribution in [3.63, 3.8) is 0 Å². The van der Waals surface area contributed by atoms with E-state index in [2.05, 4.69) is 15.1 Å². The molecule has 0 unspecified atom stereocenters. The quantitative estimate of drug-likeness (QED) is 0.479. The van der Waals surface area contributed by atoms with Crippen LogP contribution in [0.15, 0.2) is 61.2 Å². The van der Waals surface area contributed by atoms with Gasteiger partial charge in [0.1, 0.15) is 17.9 Å². The van der Waals surface area contributed by atoms with Crippen LogP contribution in [-0.2, 0) is 6.54 Å². The lowest BCUT2D eigenvalue weighted by molar-refractivity contribution is 0.0969. The third-order valence-electron chi connectivity index (χ3n) is 4.34. The molecular formula is C20H13F3N4O. The molecule has 4 aromatic rings. The van der Waals surface area contributed by atoms with E-state index in [-0.39, 0.29) is 12.3 Å². The van der Waals surface area contributed by atoms with Gasteiger partial charge in [-0.15, -0.1) is 0 Å². The summed E-state index contributed by atoms with van der Waals surface area (Å²) in [4.78, 5) is 20.6. The van der Waals surface area contributed by atoms with Crippen molar-refractivity contribution in [1.82, 2.24) is 19.7 Å². The van der Waals surface area contributed by atoms with E-state index in [1.54, 1.807) is 24.4 Å². The SMILES string of the molecule is O=C(Cn1ncc2ncc(-c3ccc(F)c(C(F)F)c3)cc21)c1cccnc1. The van der Waals surface area contributed by atoms with Crippen molar-refractivity contribution in [2.24, 2.45) is 0 Å². The number of nitrogens with zero attached hydrogens (tertiary/aromatic N) is 4. The van der Waals surface area contributed by atoms with Gasteiger partial charge in [-0.05, 0) is 35.9 Å². The number of benzene rings is 1. The van der Waals surface area contributed by atoms with E-state index in [1.807, 2.05) is 0 Å². The lowest BCUT2D eigenvalue weighted by atomic mass is 10.0. The van der Waals surface area contributed by atoms with Gasteiger partial charge in [-0.3, -0.25) is 19.4 Å². The Balaban J connectivity index is 1.71. The van der Waals surface area contributed by atoms with Crippen LogP contribution in [0.1, 0.15) is 22.3 Å². The summed E-state index contributed by atoms with van der Waals surface area (Å²) < 4.78 is 41.0. The number of halogens is 3. The average Bonchev–Trinajstić information content (AvgIpc) is 3.11. The van der Waals surface area contributed by atoms with E-state index in [0.717, 1.165) is 12.1 Å². The Labute approximate surface area is 157 Å². The van der Waals surface area contributed by atoms with E-state index < -0.39 is 17.8 Å². The molecule has 0 saturated heterocycles. The van der Waals surface area contributed by atoms with Crippen LogP contribution >= 0.6 is 0 Å². The highest BCUT2D eigenvalue weighted by Crippen LogP contribution is 2.29. The van der Waals surface area contributed by atoms with Crippen LogP contribution in [0.5, 0.6) is 0 Å². The number of carbonyl (C=O) groups is 1. The van der Waals surface area contributed by atoms with Crippen LogP contribution in [0, 0.1) is 5.82 Å². The van der Waals surface area contributed by atoms with Crippen LogP contribution in [0.3, 0.4) is 0 Å². The molecule has 3 heterocycles. The Morgan fingerprint density at radius 2 is 1.93 bits per heavy atom. The molecule has 28 heavy (non-hydrogen) atoms. The zero-order valence-corrected chi connectivity index (χ0v) is 14.4. The second-order valence-electron chi connectivity index (χ2n) is 6.13. The van der Waals surface area contributed by atoms with Gasteiger partial charge in [-0.1, -0.05) is 6.07 Å². The monoisotopic (exact) mass is 382 g/mol. The molecule has 0 fully saturated rings. The molecule has 0 amide bonds. The van der Waals surface area contributed by atoms with Crippen LogP contribution in [0.4, 0.5) is 13.2 Å². The fourth-order valence-corrected chi connectivity index (χ4v) is 2.89. The first kappa shape index (κ1) is 17.8. The van der Waals surface area contributed by atoms with Crippen molar-refractivity contribution in [2.75, 3.05) is 0 Å². The minimum Gasteiger partial charge on any atom is -0.292 e. The Bertz CT molecular complexity index is 1160. The van der Waals surface area contributed by atoms with Crippen molar-refractivity contribution in [2.45, 2.75) is 13.0 Å². The molecule has 3 aromatic heterocycles. The average molecular weight is 382 g/mol. The highest BCUT2D eigenvalue weighted by atomic mass is 19.3. The largest absolute Gasteiger partial charge is 0.292 e. The lowest BCUT2D eigenvalue weighted by Crippen LogP contribution is -2.11. The summed E-state index contributed by atoms with van der Waals surface area (Å²) >= 11 is 0. The van der Waals surface area contributed by atoms with E-state index >= 15 is 0 Å². The number of fused-ring (bicyclic) bond motifs is 1. The number of alkyl halides is 2. The van der Waals surface area contributed by atoms with Crippen LogP contribution in [-0.4, -0.2) is 25.5 Å². The van der Waals surface area contributed by atoms with Crippen LogP contribution in [0.25, 0.3) is 22.2 Å². The zero-order valence-electron chi connectivity index (χ0n) is 14.4. The fourth-order valence-electron chi connectivity index (χ4n) is 2.89. The van der Waals surface area contributed by atoms with Crippen LogP contribution < -0.4 is 0 Å². The summed E-state index contributed by atoms with van der Waals surface area (Å²) in [6.07, 6.45) is 3.15. The van der Waals surface area contributed by atoms with Crippen molar-refractivity contribution >= 4 is 16.8 Å². The molecule has 0 spiro atoms. The summed E-state index contributed by atoms with van der Waals surface area (Å²) in [6.45, 7) is -0.0218. The van der Waals surface area contributed by atoms with Gasteiger partial charge in [-0.2, -0.15) is 5.10 Å². The maximum Gasteiger partial charge on any atom is 0.266 e. The molecule has 4 rings (SSSR count). The number of rotatable bonds is 5. The lowest BCUT2D eigenvalue weighted by Gasteiger charge is -2.08. The Morgan fingerprint density at radius 1 is 1.07 bits per heavy atom. The number of hydrogen-bond donors (Lipinski definition) is 0. The third kappa shape index (κ3) is 3.36. The van der Waals surface area contributed by atoms with Gasteiger partial charge in [0.15, 0.2) is 5.78 Å². The normalized spacial score (nSPS) is 11.3. The Hall–Kier alpha value is -3.55. The third-order valence-corrected chi connectivity index (χ3v) is 4.34. The molecular weight excluding hydrogens is 369 g/mol. The molecule has 140 valence electrons. The van der Waals surface area contributed by atoms with Gasteiger partial charge in [0.2, 0.25) is 0 Å². The highest BCUT2D eigenvalue weighted by molar-refractivity contribution is 5.96. The molecule has 0 atom stereocenters. The first-order chi connectivity index (χ1) is 13.5. The minimum absolute atomic E-state index is 0.0218. The van der Waals surface area contributed by atoms with E-state index in [4.69, 9.17) is 0 Å². The maximum absolute atomic E-state index is 13.6. The second-order valence-corrected chi connectivity index (χ2v) is 6.13. The Morgan fingerprint density at radius 3 is 2.68 bits per heavy atom. The number of aromatic nitrogens is 4. The summed E-state index contributed by atoms with van der Waals surface area (Å²) in [7, 11) is 0. The molecule has 0 N–H and O–H groups in total. The minimum atomic E-state index is -2.92. The van der Waals surface area contributed by atoms with E-state index in [1.165, 1.54) is 29.3 Å². The number of ketones is 1. The summed E-state index contributed by atoms with van der Waals surface area (Å²) in [6, 6.07) is 8.53. The van der Waals surface area contributed by atoms with Gasteiger partial charge in [0, 0.05) is 29.7 Å². The number of carbonyl (C=O) groups excluding carboxylic acids is 1. The first-order valence-corrected chi connectivity index (χ1v) is 8.35. The molecule has 8 heteroatoms. The number of Topliss-reactive ketones (excluding diaryl/α,β-unsaturated/α-hetero) is 1. The number of pyridine rings is 2.